The van der Waals surface area contributed by atoms with Crippen LogP contribution >= 0.6 is 0 Å². The van der Waals surface area contributed by atoms with Crippen LogP contribution in [0.25, 0.3) is 0 Å². The number of benzene rings is 1. The SMILES string of the molecule is CC[C@H](COC)NC(=O)c1cc(COc2cccc(OC)c2)on1. The molecule has 0 fully saturated rings. The predicted molar refractivity (Wildman–Crippen MR) is 87.3 cm³/mol. The number of ether oxygens (including phenoxy) is 3. The van der Waals surface area contributed by atoms with Crippen molar-refractivity contribution >= 4 is 5.91 Å². The molecule has 0 saturated carbocycles. The molecule has 0 spiro atoms. The molecule has 0 unspecified atom stereocenters. The Kier molecular flexibility index (Phi) is 6.62. The lowest BCUT2D eigenvalue weighted by Gasteiger charge is -2.14. The van der Waals surface area contributed by atoms with Gasteiger partial charge in [0.05, 0.1) is 19.8 Å². The Bertz CT molecular complexity index is 656. The average molecular weight is 334 g/mol. The lowest BCUT2D eigenvalue weighted by molar-refractivity contribution is 0.0885. The minimum atomic E-state index is -0.296. The fraction of sp³-hybridized carbons (Fsp3) is 0.412. The van der Waals surface area contributed by atoms with Crippen molar-refractivity contribution < 1.29 is 23.5 Å². The van der Waals surface area contributed by atoms with Crippen molar-refractivity contribution in [1.82, 2.24) is 10.5 Å². The summed E-state index contributed by atoms with van der Waals surface area (Å²) in [5.41, 5.74) is 0.216. The van der Waals surface area contributed by atoms with E-state index in [1.807, 2.05) is 25.1 Å². The van der Waals surface area contributed by atoms with Crippen LogP contribution in [0, 0.1) is 0 Å². The maximum absolute atomic E-state index is 12.1. The van der Waals surface area contributed by atoms with Gasteiger partial charge in [0, 0.05) is 19.2 Å². The maximum atomic E-state index is 12.1. The molecular weight excluding hydrogens is 312 g/mol. The zero-order chi connectivity index (χ0) is 17.4. The molecule has 0 saturated heterocycles. The van der Waals surface area contributed by atoms with Gasteiger partial charge in [-0.1, -0.05) is 18.1 Å². The second-order valence-corrected chi connectivity index (χ2v) is 5.18. The van der Waals surface area contributed by atoms with Crippen LogP contribution in [0.4, 0.5) is 0 Å². The summed E-state index contributed by atoms with van der Waals surface area (Å²) >= 11 is 0. The highest BCUT2D eigenvalue weighted by molar-refractivity contribution is 5.92. The fourth-order valence-electron chi connectivity index (χ4n) is 2.06. The summed E-state index contributed by atoms with van der Waals surface area (Å²) in [6, 6.07) is 8.73. The Labute approximate surface area is 140 Å². The Morgan fingerprint density at radius 3 is 2.79 bits per heavy atom. The fourth-order valence-corrected chi connectivity index (χ4v) is 2.06. The molecule has 0 radical (unpaired) electrons. The number of methoxy groups -OCH3 is 2. The number of rotatable bonds is 9. The van der Waals surface area contributed by atoms with Crippen LogP contribution in [0.5, 0.6) is 11.5 Å². The Hall–Kier alpha value is -2.54. The molecule has 2 aromatic rings. The van der Waals surface area contributed by atoms with Gasteiger partial charge in [-0.15, -0.1) is 0 Å². The van der Waals surface area contributed by atoms with E-state index in [2.05, 4.69) is 10.5 Å². The molecule has 1 atom stereocenters. The van der Waals surface area contributed by atoms with E-state index in [0.29, 0.717) is 23.9 Å². The molecule has 0 aliphatic heterocycles. The molecule has 24 heavy (non-hydrogen) atoms. The first kappa shape index (κ1) is 17.8. The van der Waals surface area contributed by atoms with Crippen molar-refractivity contribution in [2.45, 2.75) is 26.0 Å². The predicted octanol–water partition coefficient (Wildman–Crippen LogP) is 2.42. The van der Waals surface area contributed by atoms with Gasteiger partial charge in [0.15, 0.2) is 11.5 Å². The Morgan fingerprint density at radius 1 is 1.29 bits per heavy atom. The van der Waals surface area contributed by atoms with Crippen LogP contribution in [0.2, 0.25) is 0 Å². The average Bonchev–Trinajstić information content (AvgIpc) is 3.09. The van der Waals surface area contributed by atoms with Crippen molar-refractivity contribution in [3.8, 4) is 11.5 Å². The van der Waals surface area contributed by atoms with E-state index in [4.69, 9.17) is 18.7 Å². The highest BCUT2D eigenvalue weighted by Gasteiger charge is 2.16. The second kappa shape index (κ2) is 8.93. The molecule has 0 bridgehead atoms. The third-order valence-electron chi connectivity index (χ3n) is 3.41. The molecule has 1 aromatic carbocycles. The molecule has 0 aliphatic carbocycles. The molecule has 1 aromatic heterocycles. The summed E-state index contributed by atoms with van der Waals surface area (Å²) in [6.07, 6.45) is 0.767. The van der Waals surface area contributed by atoms with Crippen LogP contribution in [-0.4, -0.2) is 37.9 Å². The molecule has 7 nitrogen and oxygen atoms in total. The van der Waals surface area contributed by atoms with E-state index in [1.54, 1.807) is 26.4 Å². The molecular formula is C17H22N2O5. The van der Waals surface area contributed by atoms with Gasteiger partial charge < -0.3 is 24.1 Å². The van der Waals surface area contributed by atoms with Crippen LogP contribution in [0.1, 0.15) is 29.6 Å². The Morgan fingerprint density at radius 2 is 2.08 bits per heavy atom. The summed E-state index contributed by atoms with van der Waals surface area (Å²) in [6.45, 7) is 2.59. The van der Waals surface area contributed by atoms with Crippen molar-refractivity contribution in [3.63, 3.8) is 0 Å². The van der Waals surface area contributed by atoms with E-state index in [0.717, 1.165) is 6.42 Å². The number of hydrogen-bond acceptors (Lipinski definition) is 6. The lowest BCUT2D eigenvalue weighted by atomic mass is 10.2. The van der Waals surface area contributed by atoms with Gasteiger partial charge in [-0.25, -0.2) is 0 Å². The normalized spacial score (nSPS) is 11.8. The minimum Gasteiger partial charge on any atom is -0.497 e. The van der Waals surface area contributed by atoms with Gasteiger partial charge in [0.25, 0.3) is 5.91 Å². The minimum absolute atomic E-state index is 0.0596. The molecule has 1 N–H and O–H groups in total. The molecule has 1 amide bonds. The monoisotopic (exact) mass is 334 g/mol. The summed E-state index contributed by atoms with van der Waals surface area (Å²) < 4.78 is 20.9. The number of carbonyl (C=O) groups is 1. The highest BCUT2D eigenvalue weighted by Crippen LogP contribution is 2.20. The number of nitrogens with zero attached hydrogens (tertiary/aromatic N) is 1. The molecule has 2 rings (SSSR count). The van der Waals surface area contributed by atoms with Crippen molar-refractivity contribution in [3.05, 3.63) is 41.8 Å². The number of hydrogen-bond donors (Lipinski definition) is 1. The van der Waals surface area contributed by atoms with E-state index in [-0.39, 0.29) is 24.2 Å². The number of nitrogens with one attached hydrogen (secondary N) is 1. The third kappa shape index (κ3) is 4.99. The van der Waals surface area contributed by atoms with Crippen LogP contribution in [0.3, 0.4) is 0 Å². The molecule has 0 aliphatic rings. The summed E-state index contributed by atoms with van der Waals surface area (Å²) in [5, 5.41) is 6.62. The third-order valence-corrected chi connectivity index (χ3v) is 3.41. The largest absolute Gasteiger partial charge is 0.497 e. The molecule has 7 heteroatoms. The van der Waals surface area contributed by atoms with Crippen LogP contribution in [-0.2, 0) is 11.3 Å². The molecule has 130 valence electrons. The van der Waals surface area contributed by atoms with E-state index in [9.17, 15) is 4.79 Å². The van der Waals surface area contributed by atoms with Gasteiger partial charge in [-0.2, -0.15) is 0 Å². The van der Waals surface area contributed by atoms with Crippen LogP contribution < -0.4 is 14.8 Å². The first-order valence-electron chi connectivity index (χ1n) is 7.68. The Balaban J connectivity index is 1.91. The van der Waals surface area contributed by atoms with Gasteiger partial charge in [0.2, 0.25) is 0 Å². The number of amides is 1. The summed E-state index contributed by atoms with van der Waals surface area (Å²) in [4.78, 5) is 12.1. The second-order valence-electron chi connectivity index (χ2n) is 5.18. The van der Waals surface area contributed by atoms with Crippen molar-refractivity contribution in [1.29, 1.82) is 0 Å². The van der Waals surface area contributed by atoms with E-state index >= 15 is 0 Å². The maximum Gasteiger partial charge on any atom is 0.273 e. The zero-order valence-electron chi connectivity index (χ0n) is 14.1. The lowest BCUT2D eigenvalue weighted by Crippen LogP contribution is -2.37. The first-order chi connectivity index (χ1) is 11.7. The highest BCUT2D eigenvalue weighted by atomic mass is 16.5. The quantitative estimate of drug-likeness (QED) is 0.758. The van der Waals surface area contributed by atoms with Gasteiger partial charge in [-0.3, -0.25) is 4.79 Å². The van der Waals surface area contributed by atoms with Gasteiger partial charge in [-0.05, 0) is 18.6 Å². The number of aromatic nitrogens is 1. The van der Waals surface area contributed by atoms with Crippen molar-refractivity contribution in [2.24, 2.45) is 0 Å². The first-order valence-corrected chi connectivity index (χ1v) is 7.68. The smallest absolute Gasteiger partial charge is 0.273 e. The standard InChI is InChI=1S/C17H22N2O5/c1-4-12(10-21-2)18-17(20)16-9-15(24-19-16)11-23-14-7-5-6-13(8-14)22-3/h5-9,12H,4,10-11H2,1-3H3,(H,18,20)/t12-/m1/s1. The van der Waals surface area contributed by atoms with Crippen LogP contribution in [0.15, 0.2) is 34.9 Å². The summed E-state index contributed by atoms with van der Waals surface area (Å²) in [5.74, 6) is 1.51. The zero-order valence-corrected chi connectivity index (χ0v) is 14.1. The topological polar surface area (TPSA) is 82.8 Å². The van der Waals surface area contributed by atoms with Gasteiger partial charge in [0.1, 0.15) is 18.1 Å². The number of carbonyl (C=O) groups excluding carboxylic acids is 1. The van der Waals surface area contributed by atoms with Gasteiger partial charge >= 0.3 is 0 Å². The van der Waals surface area contributed by atoms with E-state index in [1.165, 1.54) is 0 Å². The molecule has 1 heterocycles. The van der Waals surface area contributed by atoms with E-state index < -0.39 is 0 Å². The van der Waals surface area contributed by atoms with Crippen molar-refractivity contribution in [2.75, 3.05) is 20.8 Å². The summed E-state index contributed by atoms with van der Waals surface area (Å²) in [7, 11) is 3.19.